The number of hydrogen-bond donors (Lipinski definition) is 1. The average molecular weight is 264 g/mol. The molecular weight excluding hydrogens is 254 g/mol. The van der Waals surface area contributed by atoms with Crippen molar-refractivity contribution < 1.29 is 0 Å². The monoisotopic (exact) mass is 263 g/mol. The second-order valence-corrected chi connectivity index (χ2v) is 4.20. The van der Waals surface area contributed by atoms with Crippen molar-refractivity contribution in [2.75, 3.05) is 0 Å². The van der Waals surface area contributed by atoms with Crippen molar-refractivity contribution in [1.29, 1.82) is 0 Å². The van der Waals surface area contributed by atoms with E-state index in [2.05, 4.69) is 20.9 Å². The predicted octanol–water partition coefficient (Wildman–Crippen LogP) is 3.11. The number of H-pyrrole nitrogens is 1. The number of benzene rings is 1. The van der Waals surface area contributed by atoms with E-state index in [-0.39, 0.29) is 5.56 Å². The van der Waals surface area contributed by atoms with E-state index in [1.807, 2.05) is 37.3 Å². The van der Waals surface area contributed by atoms with Crippen LogP contribution in [0.25, 0.3) is 11.1 Å². The molecule has 0 unspecified atom stereocenters. The summed E-state index contributed by atoms with van der Waals surface area (Å²) in [6.07, 6.45) is 0. The minimum absolute atomic E-state index is 0.0842. The van der Waals surface area contributed by atoms with E-state index in [1.54, 1.807) is 6.07 Å². The fourth-order valence-electron chi connectivity index (χ4n) is 1.61. The molecular formula is C12H10BrNO. The van der Waals surface area contributed by atoms with Gasteiger partial charge in [0, 0.05) is 21.8 Å². The molecule has 0 spiro atoms. The third-order valence-electron chi connectivity index (χ3n) is 2.24. The van der Waals surface area contributed by atoms with E-state index in [1.165, 1.54) is 0 Å². The molecule has 0 atom stereocenters. The van der Waals surface area contributed by atoms with Crippen LogP contribution in [0.3, 0.4) is 0 Å². The van der Waals surface area contributed by atoms with Crippen LogP contribution in [0.2, 0.25) is 0 Å². The highest BCUT2D eigenvalue weighted by atomic mass is 79.9. The number of nitrogens with one attached hydrogen (secondary N) is 1. The van der Waals surface area contributed by atoms with Gasteiger partial charge in [-0.15, -0.1) is 0 Å². The zero-order chi connectivity index (χ0) is 10.8. The Bertz CT molecular complexity index is 505. The number of hydrogen-bond acceptors (Lipinski definition) is 1. The molecule has 76 valence electrons. The Morgan fingerprint density at radius 3 is 2.47 bits per heavy atom. The number of pyridine rings is 1. The minimum atomic E-state index is -0.0842. The van der Waals surface area contributed by atoms with Crippen LogP contribution < -0.4 is 5.56 Å². The van der Waals surface area contributed by atoms with E-state index >= 15 is 0 Å². The fraction of sp³-hybridized carbons (Fsp3) is 0.0833. The van der Waals surface area contributed by atoms with Gasteiger partial charge in [0.2, 0.25) is 5.56 Å². The molecule has 0 aliphatic heterocycles. The molecule has 0 saturated heterocycles. The summed E-state index contributed by atoms with van der Waals surface area (Å²) in [6.45, 7) is 1.90. The van der Waals surface area contributed by atoms with Crippen LogP contribution in [0.5, 0.6) is 0 Å². The molecule has 0 radical (unpaired) electrons. The van der Waals surface area contributed by atoms with E-state index in [9.17, 15) is 4.79 Å². The predicted molar refractivity (Wildman–Crippen MR) is 64.9 cm³/mol. The SMILES string of the molecule is Cc1[nH]c(=O)cc(Br)c1-c1ccccc1. The van der Waals surface area contributed by atoms with Gasteiger partial charge >= 0.3 is 0 Å². The Balaban J connectivity index is 2.69. The first-order valence-corrected chi connectivity index (χ1v) is 5.42. The maximum atomic E-state index is 11.2. The molecule has 1 aromatic heterocycles. The smallest absolute Gasteiger partial charge is 0.249 e. The van der Waals surface area contributed by atoms with Crippen molar-refractivity contribution >= 4 is 15.9 Å². The fourth-order valence-corrected chi connectivity index (χ4v) is 2.34. The normalized spacial score (nSPS) is 10.3. The quantitative estimate of drug-likeness (QED) is 0.843. The zero-order valence-electron chi connectivity index (χ0n) is 8.25. The first-order valence-electron chi connectivity index (χ1n) is 4.63. The lowest BCUT2D eigenvalue weighted by atomic mass is 10.1. The lowest BCUT2D eigenvalue weighted by Crippen LogP contribution is -2.07. The van der Waals surface area contributed by atoms with Crippen molar-refractivity contribution in [2.45, 2.75) is 6.92 Å². The summed E-state index contributed by atoms with van der Waals surface area (Å²) in [5, 5.41) is 0. The molecule has 0 aliphatic rings. The van der Waals surface area contributed by atoms with Crippen molar-refractivity contribution in [1.82, 2.24) is 4.98 Å². The highest BCUT2D eigenvalue weighted by Crippen LogP contribution is 2.28. The Hall–Kier alpha value is -1.35. The molecule has 0 bridgehead atoms. The molecule has 1 heterocycles. The van der Waals surface area contributed by atoms with Crippen LogP contribution >= 0.6 is 15.9 Å². The topological polar surface area (TPSA) is 32.9 Å². The molecule has 1 aromatic carbocycles. The highest BCUT2D eigenvalue weighted by Gasteiger charge is 2.07. The summed E-state index contributed by atoms with van der Waals surface area (Å²) in [7, 11) is 0. The zero-order valence-corrected chi connectivity index (χ0v) is 9.84. The van der Waals surface area contributed by atoms with Gasteiger partial charge in [-0.05, 0) is 28.4 Å². The molecule has 0 aliphatic carbocycles. The van der Waals surface area contributed by atoms with Crippen molar-refractivity contribution in [3.05, 3.63) is 56.9 Å². The first-order chi connectivity index (χ1) is 7.18. The summed E-state index contributed by atoms with van der Waals surface area (Å²) >= 11 is 3.41. The number of aromatic amines is 1. The number of halogens is 1. The van der Waals surface area contributed by atoms with Gasteiger partial charge in [0.15, 0.2) is 0 Å². The average Bonchev–Trinajstić information content (AvgIpc) is 2.17. The third kappa shape index (κ3) is 2.02. The maximum Gasteiger partial charge on any atom is 0.249 e. The molecule has 15 heavy (non-hydrogen) atoms. The molecule has 2 rings (SSSR count). The van der Waals surface area contributed by atoms with E-state index in [0.717, 1.165) is 21.3 Å². The largest absolute Gasteiger partial charge is 0.326 e. The van der Waals surface area contributed by atoms with Crippen LogP contribution in [0, 0.1) is 6.92 Å². The lowest BCUT2D eigenvalue weighted by Gasteiger charge is -2.07. The highest BCUT2D eigenvalue weighted by molar-refractivity contribution is 9.10. The van der Waals surface area contributed by atoms with Gasteiger partial charge in [-0.2, -0.15) is 0 Å². The standard InChI is InChI=1S/C12H10BrNO/c1-8-12(9-5-3-2-4-6-9)10(13)7-11(15)14-8/h2-7H,1H3,(H,14,15). The molecule has 0 saturated carbocycles. The molecule has 0 fully saturated rings. The Morgan fingerprint density at radius 2 is 1.87 bits per heavy atom. The number of aromatic nitrogens is 1. The Kier molecular flexibility index (Phi) is 2.73. The van der Waals surface area contributed by atoms with Crippen LogP contribution in [-0.2, 0) is 0 Å². The second kappa shape index (κ2) is 4.03. The molecule has 1 N–H and O–H groups in total. The van der Waals surface area contributed by atoms with Crippen molar-refractivity contribution in [3.63, 3.8) is 0 Å². The van der Waals surface area contributed by atoms with Gasteiger partial charge in [-0.25, -0.2) is 0 Å². The summed E-state index contributed by atoms with van der Waals surface area (Å²) < 4.78 is 0.829. The molecule has 2 nitrogen and oxygen atoms in total. The maximum absolute atomic E-state index is 11.2. The number of rotatable bonds is 1. The van der Waals surface area contributed by atoms with E-state index in [4.69, 9.17) is 0 Å². The molecule has 3 heteroatoms. The van der Waals surface area contributed by atoms with Crippen molar-refractivity contribution in [2.24, 2.45) is 0 Å². The van der Waals surface area contributed by atoms with Gasteiger partial charge in [0.25, 0.3) is 0 Å². The summed E-state index contributed by atoms with van der Waals surface area (Å²) in [5.41, 5.74) is 2.92. The first kappa shape index (κ1) is 10.2. The van der Waals surface area contributed by atoms with Crippen LogP contribution in [0.1, 0.15) is 5.69 Å². The van der Waals surface area contributed by atoms with Gasteiger partial charge in [-0.3, -0.25) is 4.79 Å². The second-order valence-electron chi connectivity index (χ2n) is 3.35. The van der Waals surface area contributed by atoms with Gasteiger partial charge in [0.05, 0.1) is 0 Å². The minimum Gasteiger partial charge on any atom is -0.326 e. The Morgan fingerprint density at radius 1 is 1.20 bits per heavy atom. The number of aryl methyl sites for hydroxylation is 1. The van der Waals surface area contributed by atoms with Gasteiger partial charge in [-0.1, -0.05) is 30.3 Å². The molecule has 2 aromatic rings. The van der Waals surface area contributed by atoms with Crippen LogP contribution in [-0.4, -0.2) is 4.98 Å². The molecule has 0 amide bonds. The van der Waals surface area contributed by atoms with Gasteiger partial charge in [0.1, 0.15) is 0 Å². The third-order valence-corrected chi connectivity index (χ3v) is 2.87. The van der Waals surface area contributed by atoms with E-state index < -0.39 is 0 Å². The van der Waals surface area contributed by atoms with Crippen LogP contribution in [0.4, 0.5) is 0 Å². The van der Waals surface area contributed by atoms with Crippen molar-refractivity contribution in [3.8, 4) is 11.1 Å². The van der Waals surface area contributed by atoms with Crippen LogP contribution in [0.15, 0.2) is 45.7 Å². The summed E-state index contributed by atoms with van der Waals surface area (Å²) in [4.78, 5) is 14.0. The van der Waals surface area contributed by atoms with Gasteiger partial charge < -0.3 is 4.98 Å². The summed E-state index contributed by atoms with van der Waals surface area (Å²) in [5.74, 6) is 0. The lowest BCUT2D eigenvalue weighted by molar-refractivity contribution is 1.14. The van der Waals surface area contributed by atoms with E-state index in [0.29, 0.717) is 0 Å². The summed E-state index contributed by atoms with van der Waals surface area (Å²) in [6, 6.07) is 11.5. The Labute approximate surface area is 96.1 Å².